The number of nitrogens with zero attached hydrogens (tertiary/aromatic N) is 2. The maximum absolute atomic E-state index is 14.2. The van der Waals surface area contributed by atoms with E-state index >= 15 is 0 Å². The summed E-state index contributed by atoms with van der Waals surface area (Å²) in [5.41, 5.74) is -0.00547. The Morgan fingerprint density at radius 1 is 1.25 bits per heavy atom. The van der Waals surface area contributed by atoms with Gasteiger partial charge in [0.15, 0.2) is 13.7 Å². The van der Waals surface area contributed by atoms with Crippen LogP contribution < -0.4 is 4.90 Å². The summed E-state index contributed by atoms with van der Waals surface area (Å²) in [5.74, 6) is -1.09. The highest BCUT2D eigenvalue weighted by Crippen LogP contribution is 2.22. The van der Waals surface area contributed by atoms with E-state index in [1.54, 1.807) is 24.4 Å². The van der Waals surface area contributed by atoms with Gasteiger partial charge in [-0.25, -0.2) is 4.39 Å². The number of hydrogen-bond donors (Lipinski definition) is 0. The molecule has 20 heavy (non-hydrogen) atoms. The second-order valence-corrected chi connectivity index (χ2v) is 4.30. The predicted molar refractivity (Wildman–Crippen MR) is 76.2 cm³/mol. The van der Waals surface area contributed by atoms with Gasteiger partial charge in [0.05, 0.1) is 11.3 Å². The molecule has 0 aliphatic rings. The number of hydrogen-bond acceptors (Lipinski definition) is 3. The minimum atomic E-state index is -0.695. The van der Waals surface area contributed by atoms with Crippen LogP contribution in [0.4, 0.5) is 10.1 Å². The second-order valence-electron chi connectivity index (χ2n) is 4.30. The number of carbonyl (C=O) groups excluding carboxylic acids is 2. The first-order chi connectivity index (χ1) is 9.52. The molecule has 0 radical (unpaired) electrons. The Morgan fingerprint density at radius 2 is 2.00 bits per heavy atom. The molecular weight excluding hydrogens is 258 g/mol. The molecular formula is C14H12BFN2O2. The number of halogens is 1. The molecule has 0 aliphatic carbocycles. The van der Waals surface area contributed by atoms with Crippen LogP contribution in [0.2, 0.25) is 0 Å². The van der Waals surface area contributed by atoms with E-state index in [-0.39, 0.29) is 16.9 Å². The topological polar surface area (TPSA) is 50.3 Å². The number of pyridine rings is 1. The molecule has 0 atom stereocenters. The fourth-order valence-electron chi connectivity index (χ4n) is 1.84. The molecule has 0 aliphatic heterocycles. The van der Waals surface area contributed by atoms with Gasteiger partial charge in [-0.3, -0.25) is 9.78 Å². The SMILES string of the molecule is BC(=O)c1cccc(N(C)C(=O)c2cccnc2)c1F. The highest BCUT2D eigenvalue weighted by Gasteiger charge is 2.19. The molecule has 0 N–H and O–H groups in total. The fraction of sp³-hybridized carbons (Fsp3) is 0.0714. The van der Waals surface area contributed by atoms with Gasteiger partial charge in [0.1, 0.15) is 5.68 Å². The molecule has 1 aromatic heterocycles. The van der Waals surface area contributed by atoms with Gasteiger partial charge in [-0.1, -0.05) is 6.07 Å². The molecule has 0 spiro atoms. The Balaban J connectivity index is 2.39. The smallest absolute Gasteiger partial charge is 0.259 e. The summed E-state index contributed by atoms with van der Waals surface area (Å²) in [5, 5.41) is 0. The van der Waals surface area contributed by atoms with Crippen LogP contribution in [-0.2, 0) is 0 Å². The van der Waals surface area contributed by atoms with E-state index in [4.69, 9.17) is 0 Å². The first-order valence-electron chi connectivity index (χ1n) is 6.00. The van der Waals surface area contributed by atoms with E-state index in [1.165, 1.54) is 38.1 Å². The molecule has 0 saturated heterocycles. The van der Waals surface area contributed by atoms with Gasteiger partial charge in [-0.05, 0) is 24.3 Å². The van der Waals surface area contributed by atoms with Crippen LogP contribution >= 0.6 is 0 Å². The Morgan fingerprint density at radius 3 is 2.60 bits per heavy atom. The van der Waals surface area contributed by atoms with Crippen LogP contribution in [0.1, 0.15) is 20.7 Å². The largest absolute Gasteiger partial charge is 0.309 e. The third-order valence-corrected chi connectivity index (χ3v) is 2.93. The van der Waals surface area contributed by atoms with E-state index in [1.807, 2.05) is 0 Å². The summed E-state index contributed by atoms with van der Waals surface area (Å²) in [6.07, 6.45) is 2.96. The van der Waals surface area contributed by atoms with Crippen molar-refractivity contribution in [2.24, 2.45) is 0 Å². The van der Waals surface area contributed by atoms with Crippen LogP contribution in [0, 0.1) is 5.82 Å². The van der Waals surface area contributed by atoms with Crippen LogP contribution in [0.5, 0.6) is 0 Å². The number of amides is 1. The molecule has 0 unspecified atom stereocenters. The minimum Gasteiger partial charge on any atom is -0.309 e. The van der Waals surface area contributed by atoms with Crippen molar-refractivity contribution in [1.29, 1.82) is 0 Å². The summed E-state index contributed by atoms with van der Waals surface area (Å²) in [6.45, 7) is 0. The van der Waals surface area contributed by atoms with Gasteiger partial charge in [0, 0.05) is 25.0 Å². The Kier molecular flexibility index (Phi) is 3.93. The lowest BCUT2D eigenvalue weighted by atomic mass is 9.94. The summed E-state index contributed by atoms with van der Waals surface area (Å²) in [4.78, 5) is 28.6. The number of carbonyl (C=O) groups is 2. The van der Waals surface area contributed by atoms with Crippen molar-refractivity contribution in [3.63, 3.8) is 0 Å². The van der Waals surface area contributed by atoms with Crippen LogP contribution in [0.25, 0.3) is 0 Å². The number of benzene rings is 1. The van der Waals surface area contributed by atoms with E-state index in [0.29, 0.717) is 5.56 Å². The van der Waals surface area contributed by atoms with Crippen LogP contribution in [0.15, 0.2) is 42.7 Å². The Bertz CT molecular complexity index is 661. The first-order valence-corrected chi connectivity index (χ1v) is 6.00. The molecule has 100 valence electrons. The van der Waals surface area contributed by atoms with Gasteiger partial charge >= 0.3 is 0 Å². The number of aromatic nitrogens is 1. The third kappa shape index (κ3) is 2.59. The van der Waals surface area contributed by atoms with E-state index in [0.717, 1.165) is 0 Å². The maximum atomic E-state index is 14.2. The quantitative estimate of drug-likeness (QED) is 0.789. The van der Waals surface area contributed by atoms with E-state index in [9.17, 15) is 14.0 Å². The van der Waals surface area contributed by atoms with E-state index < -0.39 is 11.7 Å². The van der Waals surface area contributed by atoms with Crippen molar-refractivity contribution >= 4 is 25.1 Å². The molecule has 0 bridgehead atoms. The fourth-order valence-corrected chi connectivity index (χ4v) is 1.84. The zero-order valence-corrected chi connectivity index (χ0v) is 11.1. The predicted octanol–water partition coefficient (Wildman–Crippen LogP) is 1.27. The minimum absolute atomic E-state index is 0.0339. The summed E-state index contributed by atoms with van der Waals surface area (Å²) >= 11 is 0. The Hall–Kier alpha value is -2.50. The summed E-state index contributed by atoms with van der Waals surface area (Å²) in [6, 6.07) is 7.61. The normalized spacial score (nSPS) is 10.1. The first kappa shape index (κ1) is 13.9. The molecule has 1 heterocycles. The number of anilines is 1. The molecule has 6 heteroatoms. The van der Waals surface area contributed by atoms with Crippen molar-refractivity contribution < 1.29 is 14.0 Å². The van der Waals surface area contributed by atoms with Crippen molar-refractivity contribution in [1.82, 2.24) is 4.98 Å². The average molecular weight is 270 g/mol. The third-order valence-electron chi connectivity index (χ3n) is 2.93. The molecule has 2 rings (SSSR count). The van der Waals surface area contributed by atoms with Crippen LogP contribution in [0.3, 0.4) is 0 Å². The lowest BCUT2D eigenvalue weighted by molar-refractivity contribution is 0.0990. The Labute approximate surface area is 116 Å². The van der Waals surface area contributed by atoms with Crippen molar-refractivity contribution in [2.75, 3.05) is 11.9 Å². The molecule has 4 nitrogen and oxygen atoms in total. The highest BCUT2D eigenvalue weighted by atomic mass is 19.1. The number of rotatable bonds is 3. The van der Waals surface area contributed by atoms with Crippen molar-refractivity contribution in [2.45, 2.75) is 0 Å². The second kappa shape index (κ2) is 5.65. The molecule has 0 fully saturated rings. The lowest BCUT2D eigenvalue weighted by Crippen LogP contribution is -2.27. The van der Waals surface area contributed by atoms with Gasteiger partial charge in [0.25, 0.3) is 5.91 Å². The lowest BCUT2D eigenvalue weighted by Gasteiger charge is -2.18. The van der Waals surface area contributed by atoms with Gasteiger partial charge in [-0.2, -0.15) is 0 Å². The van der Waals surface area contributed by atoms with Crippen molar-refractivity contribution in [3.05, 3.63) is 59.7 Å². The molecule has 2 aromatic rings. The molecule has 1 amide bonds. The summed E-state index contributed by atoms with van der Waals surface area (Å²) < 4.78 is 14.2. The van der Waals surface area contributed by atoms with Gasteiger partial charge in [0.2, 0.25) is 0 Å². The highest BCUT2D eigenvalue weighted by molar-refractivity contribution is 6.62. The van der Waals surface area contributed by atoms with Crippen molar-refractivity contribution in [3.8, 4) is 0 Å². The van der Waals surface area contributed by atoms with Gasteiger partial charge < -0.3 is 9.69 Å². The standard InChI is InChI=1S/C14H12BFN2O2/c1-18(14(20)9-4-3-7-17-8-9)11-6-2-5-10(12(11)16)13(15)19/h2-8H,15H2,1H3. The molecule has 0 saturated carbocycles. The monoisotopic (exact) mass is 270 g/mol. The maximum Gasteiger partial charge on any atom is 0.259 e. The average Bonchev–Trinajstić information content (AvgIpc) is 2.46. The summed E-state index contributed by atoms with van der Waals surface area (Å²) in [7, 11) is 2.74. The zero-order valence-electron chi connectivity index (χ0n) is 11.1. The van der Waals surface area contributed by atoms with Gasteiger partial charge in [-0.15, -0.1) is 0 Å². The molecule has 1 aromatic carbocycles. The van der Waals surface area contributed by atoms with Crippen LogP contribution in [-0.4, -0.2) is 31.5 Å². The zero-order chi connectivity index (χ0) is 14.7. The van der Waals surface area contributed by atoms with E-state index in [2.05, 4.69) is 4.98 Å².